The fourth-order valence-corrected chi connectivity index (χ4v) is 4.65. The summed E-state index contributed by atoms with van der Waals surface area (Å²) in [5, 5.41) is 4.23. The minimum absolute atomic E-state index is 0.0784. The lowest BCUT2D eigenvalue weighted by Gasteiger charge is -2.35. The number of nitrogens with zero attached hydrogens (tertiary/aromatic N) is 1. The van der Waals surface area contributed by atoms with Gasteiger partial charge in [-0.2, -0.15) is 0 Å². The van der Waals surface area contributed by atoms with Crippen molar-refractivity contribution in [2.45, 2.75) is 51.2 Å². The number of hydrogen-bond acceptors (Lipinski definition) is 2. The van der Waals surface area contributed by atoms with Gasteiger partial charge in [0.25, 0.3) is 0 Å². The average molecular weight is 482 g/mol. The van der Waals surface area contributed by atoms with Crippen LogP contribution in [0.15, 0.2) is 48.5 Å². The highest BCUT2D eigenvalue weighted by Gasteiger charge is 2.34. The van der Waals surface area contributed by atoms with Crippen molar-refractivity contribution >= 4 is 46.6 Å². The number of hydrogen-bond donors (Lipinski definition) is 1. The van der Waals surface area contributed by atoms with Crippen LogP contribution < -0.4 is 5.32 Å². The van der Waals surface area contributed by atoms with Gasteiger partial charge in [-0.05, 0) is 42.5 Å². The number of carbonyl (C=O) groups is 2. The first-order valence-corrected chi connectivity index (χ1v) is 11.8. The predicted molar refractivity (Wildman–Crippen MR) is 126 cm³/mol. The van der Waals surface area contributed by atoms with Crippen LogP contribution in [-0.2, 0) is 16.1 Å². The molecular weight excluding hydrogens is 455 g/mol. The number of rotatable bonds is 7. The van der Waals surface area contributed by atoms with Crippen LogP contribution in [0, 0.1) is 5.92 Å². The Hall–Kier alpha value is -1.75. The van der Waals surface area contributed by atoms with E-state index in [0.717, 1.165) is 24.8 Å². The molecule has 1 aliphatic rings. The van der Waals surface area contributed by atoms with Crippen molar-refractivity contribution < 1.29 is 9.59 Å². The molecule has 2 amide bonds. The van der Waals surface area contributed by atoms with Gasteiger partial charge in [0.1, 0.15) is 11.9 Å². The second-order valence-electron chi connectivity index (χ2n) is 8.08. The van der Waals surface area contributed by atoms with E-state index >= 15 is 0 Å². The molecule has 0 aliphatic heterocycles. The molecule has 4 nitrogen and oxygen atoms in total. The van der Waals surface area contributed by atoms with Gasteiger partial charge in [-0.15, -0.1) is 11.6 Å². The predicted octanol–water partition coefficient (Wildman–Crippen LogP) is 6.00. The molecule has 166 valence electrons. The molecule has 0 saturated heterocycles. The smallest absolute Gasteiger partial charge is 0.247 e. The van der Waals surface area contributed by atoms with E-state index in [4.69, 9.17) is 34.8 Å². The van der Waals surface area contributed by atoms with Crippen molar-refractivity contribution in [3.05, 3.63) is 69.7 Å². The zero-order valence-corrected chi connectivity index (χ0v) is 19.8. The van der Waals surface area contributed by atoms with Crippen molar-refractivity contribution in [2.24, 2.45) is 5.92 Å². The van der Waals surface area contributed by atoms with Gasteiger partial charge in [0.05, 0.1) is 0 Å². The highest BCUT2D eigenvalue weighted by Crippen LogP contribution is 2.31. The minimum Gasteiger partial charge on any atom is -0.351 e. The van der Waals surface area contributed by atoms with E-state index in [1.54, 1.807) is 30.3 Å². The molecule has 1 fully saturated rings. The molecule has 3 atom stereocenters. The lowest BCUT2D eigenvalue weighted by molar-refractivity contribution is -0.140. The molecule has 3 rings (SSSR count). The Kier molecular flexibility index (Phi) is 8.65. The normalized spacial score (nSPS) is 19.5. The minimum atomic E-state index is -0.884. The highest BCUT2D eigenvalue weighted by molar-refractivity contribution is 6.32. The Morgan fingerprint density at radius 2 is 1.74 bits per heavy atom. The van der Waals surface area contributed by atoms with Gasteiger partial charge in [0.15, 0.2) is 0 Å². The number of carbonyl (C=O) groups excluding carboxylic acids is 2. The van der Waals surface area contributed by atoms with E-state index in [9.17, 15) is 9.59 Å². The molecule has 0 heterocycles. The monoisotopic (exact) mass is 480 g/mol. The molecule has 2 aromatic carbocycles. The van der Waals surface area contributed by atoms with Gasteiger partial charge in [0.2, 0.25) is 11.8 Å². The van der Waals surface area contributed by atoms with Crippen molar-refractivity contribution in [3.8, 4) is 0 Å². The molecule has 0 spiro atoms. The van der Waals surface area contributed by atoms with E-state index in [0.29, 0.717) is 21.5 Å². The van der Waals surface area contributed by atoms with Gasteiger partial charge in [0, 0.05) is 28.2 Å². The molecule has 1 saturated carbocycles. The first kappa shape index (κ1) is 23.9. The van der Waals surface area contributed by atoms with Gasteiger partial charge in [-0.25, -0.2) is 0 Å². The molecule has 2 aromatic rings. The summed E-state index contributed by atoms with van der Waals surface area (Å²) in [6.07, 6.45) is 4.27. The molecule has 1 aliphatic carbocycles. The van der Waals surface area contributed by atoms with Gasteiger partial charge in [-0.3, -0.25) is 9.59 Å². The second-order valence-corrected chi connectivity index (χ2v) is 9.19. The summed E-state index contributed by atoms with van der Waals surface area (Å²) in [5.74, 6) is -0.424. The first-order valence-electron chi connectivity index (χ1n) is 10.6. The van der Waals surface area contributed by atoms with Crippen LogP contribution in [-0.4, -0.2) is 28.6 Å². The van der Waals surface area contributed by atoms with Crippen LogP contribution in [0.4, 0.5) is 0 Å². The SMILES string of the molecule is C[C@@H]1CCCC[C@@H]1NC(=O)[C@@H](c1ccccc1Cl)N(Cc1ccc(Cl)cc1)C(=O)CCl. The number of alkyl halides is 1. The largest absolute Gasteiger partial charge is 0.351 e. The summed E-state index contributed by atoms with van der Waals surface area (Å²) in [6.45, 7) is 2.37. The summed E-state index contributed by atoms with van der Waals surface area (Å²) in [5.41, 5.74) is 1.43. The second kappa shape index (κ2) is 11.2. The topological polar surface area (TPSA) is 49.4 Å². The molecule has 0 unspecified atom stereocenters. The van der Waals surface area contributed by atoms with E-state index in [1.807, 2.05) is 18.2 Å². The van der Waals surface area contributed by atoms with E-state index in [-0.39, 0.29) is 30.3 Å². The molecule has 0 aromatic heterocycles. The standard InChI is InChI=1S/C24H27Cl3N2O2/c1-16-6-2-5-9-21(16)28-24(31)23(19-7-3-4-8-20(19)27)29(22(30)14-25)15-17-10-12-18(26)13-11-17/h3-4,7-8,10-13,16,21,23H,2,5-6,9,14-15H2,1H3,(H,28,31)/t16-,21+,23-/m1/s1. The van der Waals surface area contributed by atoms with Gasteiger partial charge >= 0.3 is 0 Å². The Balaban J connectivity index is 1.97. The summed E-state index contributed by atoms with van der Waals surface area (Å²) >= 11 is 18.4. The lowest BCUT2D eigenvalue weighted by atomic mass is 9.85. The summed E-state index contributed by atoms with van der Waals surface area (Å²) in [6, 6.07) is 13.5. The zero-order valence-electron chi connectivity index (χ0n) is 17.5. The van der Waals surface area contributed by atoms with Crippen molar-refractivity contribution in [1.82, 2.24) is 10.2 Å². The zero-order chi connectivity index (χ0) is 22.4. The Labute approximate surface area is 198 Å². The maximum absolute atomic E-state index is 13.6. The summed E-state index contributed by atoms with van der Waals surface area (Å²) in [4.78, 5) is 28.0. The van der Waals surface area contributed by atoms with E-state index < -0.39 is 6.04 Å². The van der Waals surface area contributed by atoms with Crippen LogP contribution in [0.2, 0.25) is 10.0 Å². The quantitative estimate of drug-likeness (QED) is 0.493. The van der Waals surface area contributed by atoms with Crippen LogP contribution in [0.25, 0.3) is 0 Å². The summed E-state index contributed by atoms with van der Waals surface area (Å²) in [7, 11) is 0. The number of amides is 2. The Morgan fingerprint density at radius 3 is 2.39 bits per heavy atom. The molecule has 1 N–H and O–H groups in total. The molecule has 31 heavy (non-hydrogen) atoms. The third-order valence-corrected chi connectivity index (χ3v) is 6.72. The Bertz CT molecular complexity index is 904. The fraction of sp³-hybridized carbons (Fsp3) is 0.417. The number of halogens is 3. The Morgan fingerprint density at radius 1 is 1.06 bits per heavy atom. The van der Waals surface area contributed by atoms with Crippen LogP contribution >= 0.6 is 34.8 Å². The maximum atomic E-state index is 13.6. The fourth-order valence-electron chi connectivity index (χ4n) is 4.13. The van der Waals surface area contributed by atoms with Crippen molar-refractivity contribution in [3.63, 3.8) is 0 Å². The van der Waals surface area contributed by atoms with Crippen LogP contribution in [0.5, 0.6) is 0 Å². The summed E-state index contributed by atoms with van der Waals surface area (Å²) < 4.78 is 0. The lowest BCUT2D eigenvalue weighted by Crippen LogP contribution is -2.49. The van der Waals surface area contributed by atoms with Gasteiger partial charge < -0.3 is 10.2 Å². The third-order valence-electron chi connectivity index (χ3n) is 5.90. The highest BCUT2D eigenvalue weighted by atomic mass is 35.5. The number of benzene rings is 2. The van der Waals surface area contributed by atoms with Crippen molar-refractivity contribution in [1.29, 1.82) is 0 Å². The van der Waals surface area contributed by atoms with Crippen LogP contribution in [0.1, 0.15) is 49.8 Å². The first-order chi connectivity index (χ1) is 14.9. The maximum Gasteiger partial charge on any atom is 0.247 e. The van der Waals surface area contributed by atoms with Gasteiger partial charge in [-0.1, -0.05) is 73.3 Å². The van der Waals surface area contributed by atoms with E-state index in [1.165, 1.54) is 11.3 Å². The number of nitrogens with one attached hydrogen (secondary N) is 1. The average Bonchev–Trinajstić information content (AvgIpc) is 2.77. The van der Waals surface area contributed by atoms with Crippen molar-refractivity contribution in [2.75, 3.05) is 5.88 Å². The molecule has 0 radical (unpaired) electrons. The molecular formula is C24H27Cl3N2O2. The third kappa shape index (κ3) is 6.15. The molecule has 7 heteroatoms. The van der Waals surface area contributed by atoms with Crippen LogP contribution in [0.3, 0.4) is 0 Å². The molecule has 0 bridgehead atoms. The van der Waals surface area contributed by atoms with E-state index in [2.05, 4.69) is 12.2 Å².